The van der Waals surface area contributed by atoms with Gasteiger partial charge in [0.2, 0.25) is 0 Å². The standard InChI is InChI=1S/C16H13N3O/c1-12-14(19-9-5-4-8-16(19)18-12)11-20-15-7-3-2-6-13(15)10-17/h2-9H,11H2,1H3. The quantitative estimate of drug-likeness (QED) is 0.729. The fourth-order valence-electron chi connectivity index (χ4n) is 2.17. The number of hydrogen-bond donors (Lipinski definition) is 0. The average molecular weight is 263 g/mol. The second kappa shape index (κ2) is 5.06. The highest BCUT2D eigenvalue weighted by molar-refractivity contribution is 5.44. The smallest absolute Gasteiger partial charge is 0.137 e. The van der Waals surface area contributed by atoms with Crippen LogP contribution in [0.1, 0.15) is 17.0 Å². The first-order valence-electron chi connectivity index (χ1n) is 6.34. The highest BCUT2D eigenvalue weighted by atomic mass is 16.5. The predicted molar refractivity (Wildman–Crippen MR) is 75.4 cm³/mol. The van der Waals surface area contributed by atoms with Crippen LogP contribution in [0.15, 0.2) is 48.7 Å². The molecular weight excluding hydrogens is 250 g/mol. The van der Waals surface area contributed by atoms with E-state index in [9.17, 15) is 0 Å². The zero-order valence-corrected chi connectivity index (χ0v) is 11.1. The van der Waals surface area contributed by atoms with E-state index in [0.717, 1.165) is 17.0 Å². The first kappa shape index (κ1) is 12.2. The number of fused-ring (bicyclic) bond motifs is 1. The summed E-state index contributed by atoms with van der Waals surface area (Å²) in [5.41, 5.74) is 3.37. The molecule has 0 saturated carbocycles. The van der Waals surface area contributed by atoms with E-state index < -0.39 is 0 Å². The van der Waals surface area contributed by atoms with Crippen LogP contribution in [0, 0.1) is 18.3 Å². The van der Waals surface area contributed by atoms with Crippen molar-refractivity contribution >= 4 is 5.65 Å². The van der Waals surface area contributed by atoms with Crippen molar-refractivity contribution in [2.45, 2.75) is 13.5 Å². The fraction of sp³-hybridized carbons (Fsp3) is 0.125. The van der Waals surface area contributed by atoms with Crippen molar-refractivity contribution in [3.05, 3.63) is 65.6 Å². The summed E-state index contributed by atoms with van der Waals surface area (Å²) in [5, 5.41) is 9.05. The van der Waals surface area contributed by atoms with E-state index in [1.165, 1.54) is 0 Å². The van der Waals surface area contributed by atoms with E-state index in [4.69, 9.17) is 10.00 Å². The van der Waals surface area contributed by atoms with Gasteiger partial charge in [-0.05, 0) is 31.2 Å². The van der Waals surface area contributed by atoms with Gasteiger partial charge in [0.15, 0.2) is 0 Å². The molecule has 98 valence electrons. The number of para-hydroxylation sites is 1. The lowest BCUT2D eigenvalue weighted by Crippen LogP contribution is -2.02. The minimum atomic E-state index is 0.385. The first-order chi connectivity index (χ1) is 9.79. The van der Waals surface area contributed by atoms with Crippen molar-refractivity contribution in [2.75, 3.05) is 0 Å². The summed E-state index contributed by atoms with van der Waals surface area (Å²) in [6.07, 6.45) is 1.96. The van der Waals surface area contributed by atoms with Crippen LogP contribution in [0.5, 0.6) is 5.75 Å². The van der Waals surface area contributed by atoms with Gasteiger partial charge in [-0.15, -0.1) is 0 Å². The van der Waals surface area contributed by atoms with Crippen molar-refractivity contribution in [1.82, 2.24) is 9.38 Å². The van der Waals surface area contributed by atoms with Gasteiger partial charge in [0, 0.05) is 6.20 Å². The molecule has 3 aromatic rings. The molecule has 0 saturated heterocycles. The molecule has 0 unspecified atom stereocenters. The summed E-state index contributed by atoms with van der Waals surface area (Å²) in [4.78, 5) is 4.49. The molecular formula is C16H13N3O. The van der Waals surface area contributed by atoms with Crippen LogP contribution in [-0.2, 0) is 6.61 Å². The highest BCUT2D eigenvalue weighted by Crippen LogP contribution is 2.19. The Kier molecular flexibility index (Phi) is 3.10. The van der Waals surface area contributed by atoms with Gasteiger partial charge in [0.05, 0.1) is 17.0 Å². The normalized spacial score (nSPS) is 10.4. The number of aryl methyl sites for hydroxylation is 1. The summed E-state index contributed by atoms with van der Waals surface area (Å²) >= 11 is 0. The number of ether oxygens (including phenoxy) is 1. The van der Waals surface area contributed by atoms with Crippen LogP contribution in [0.4, 0.5) is 0 Å². The molecule has 0 aliphatic carbocycles. The monoisotopic (exact) mass is 263 g/mol. The van der Waals surface area contributed by atoms with Crippen LogP contribution in [0.3, 0.4) is 0 Å². The summed E-state index contributed by atoms with van der Waals surface area (Å²) < 4.78 is 7.78. The number of rotatable bonds is 3. The van der Waals surface area contributed by atoms with Crippen LogP contribution in [-0.4, -0.2) is 9.38 Å². The Labute approximate surface area is 116 Å². The number of nitrogens with zero attached hydrogens (tertiary/aromatic N) is 3. The maximum atomic E-state index is 9.05. The Bertz CT molecular complexity index is 799. The maximum Gasteiger partial charge on any atom is 0.137 e. The molecule has 0 radical (unpaired) electrons. The molecule has 3 rings (SSSR count). The molecule has 4 nitrogen and oxygen atoms in total. The number of aromatic nitrogens is 2. The third-order valence-corrected chi connectivity index (χ3v) is 3.20. The molecule has 20 heavy (non-hydrogen) atoms. The summed E-state index contributed by atoms with van der Waals surface area (Å²) in [6.45, 7) is 2.34. The van der Waals surface area contributed by atoms with Gasteiger partial charge in [0.25, 0.3) is 0 Å². The molecule has 0 aliphatic rings. The lowest BCUT2D eigenvalue weighted by atomic mass is 10.2. The molecule has 2 aromatic heterocycles. The molecule has 4 heteroatoms. The molecule has 0 aliphatic heterocycles. The van der Waals surface area contributed by atoms with E-state index in [0.29, 0.717) is 17.9 Å². The van der Waals surface area contributed by atoms with Crippen LogP contribution in [0.2, 0.25) is 0 Å². The number of nitriles is 1. The number of imidazole rings is 1. The predicted octanol–water partition coefficient (Wildman–Crippen LogP) is 3.09. The minimum Gasteiger partial charge on any atom is -0.486 e. The second-order valence-electron chi connectivity index (χ2n) is 4.47. The third-order valence-electron chi connectivity index (χ3n) is 3.20. The highest BCUT2D eigenvalue weighted by Gasteiger charge is 2.09. The van der Waals surface area contributed by atoms with Gasteiger partial charge in [-0.3, -0.25) is 0 Å². The molecule has 2 heterocycles. The lowest BCUT2D eigenvalue weighted by molar-refractivity contribution is 0.298. The topological polar surface area (TPSA) is 50.3 Å². The number of benzene rings is 1. The van der Waals surface area contributed by atoms with Gasteiger partial charge >= 0.3 is 0 Å². The number of hydrogen-bond acceptors (Lipinski definition) is 3. The Morgan fingerprint density at radius 3 is 2.85 bits per heavy atom. The molecule has 0 atom stereocenters. The summed E-state index contributed by atoms with van der Waals surface area (Å²) in [6, 6.07) is 15.2. The largest absolute Gasteiger partial charge is 0.486 e. The van der Waals surface area contributed by atoms with E-state index in [1.54, 1.807) is 12.1 Å². The summed E-state index contributed by atoms with van der Waals surface area (Å²) in [7, 11) is 0. The minimum absolute atomic E-state index is 0.385. The Balaban J connectivity index is 1.91. The van der Waals surface area contributed by atoms with Crippen LogP contribution in [0.25, 0.3) is 5.65 Å². The van der Waals surface area contributed by atoms with Crippen molar-refractivity contribution in [3.8, 4) is 11.8 Å². The number of pyridine rings is 1. The van der Waals surface area contributed by atoms with Gasteiger partial charge in [-0.25, -0.2) is 4.98 Å². The Hall–Kier alpha value is -2.80. The van der Waals surface area contributed by atoms with Crippen molar-refractivity contribution < 1.29 is 4.74 Å². The molecule has 1 aromatic carbocycles. The summed E-state index contributed by atoms with van der Waals surface area (Å²) in [5.74, 6) is 0.597. The van der Waals surface area contributed by atoms with E-state index >= 15 is 0 Å². The maximum absolute atomic E-state index is 9.05. The zero-order valence-electron chi connectivity index (χ0n) is 11.1. The lowest BCUT2D eigenvalue weighted by Gasteiger charge is -2.08. The van der Waals surface area contributed by atoms with E-state index in [2.05, 4.69) is 11.1 Å². The molecule has 0 spiro atoms. The fourth-order valence-corrected chi connectivity index (χ4v) is 2.17. The average Bonchev–Trinajstić information content (AvgIpc) is 2.81. The van der Waals surface area contributed by atoms with Gasteiger partial charge in [0.1, 0.15) is 24.1 Å². The van der Waals surface area contributed by atoms with Crippen molar-refractivity contribution in [1.29, 1.82) is 5.26 Å². The van der Waals surface area contributed by atoms with E-state index in [-0.39, 0.29) is 0 Å². The van der Waals surface area contributed by atoms with Gasteiger partial charge in [-0.1, -0.05) is 18.2 Å². The van der Waals surface area contributed by atoms with Crippen LogP contribution >= 0.6 is 0 Å². The van der Waals surface area contributed by atoms with E-state index in [1.807, 2.05) is 47.9 Å². The molecule has 0 fully saturated rings. The molecule has 0 N–H and O–H groups in total. The zero-order chi connectivity index (χ0) is 13.9. The first-order valence-corrected chi connectivity index (χ1v) is 6.34. The molecule has 0 bridgehead atoms. The SMILES string of the molecule is Cc1nc2ccccn2c1COc1ccccc1C#N. The van der Waals surface area contributed by atoms with Crippen LogP contribution < -0.4 is 4.74 Å². The Morgan fingerprint density at radius 1 is 1.20 bits per heavy atom. The van der Waals surface area contributed by atoms with Crippen molar-refractivity contribution in [2.24, 2.45) is 0 Å². The van der Waals surface area contributed by atoms with Gasteiger partial charge < -0.3 is 9.14 Å². The molecule has 0 amide bonds. The van der Waals surface area contributed by atoms with Gasteiger partial charge in [-0.2, -0.15) is 5.26 Å². The Morgan fingerprint density at radius 2 is 2.00 bits per heavy atom. The third kappa shape index (κ3) is 2.10. The van der Waals surface area contributed by atoms with Crippen molar-refractivity contribution in [3.63, 3.8) is 0 Å². The second-order valence-corrected chi connectivity index (χ2v) is 4.47.